The number of aromatic nitrogens is 2. The van der Waals surface area contributed by atoms with E-state index in [0.717, 1.165) is 21.7 Å². The Morgan fingerprint density at radius 3 is 2.39 bits per heavy atom. The number of aryl methyl sites for hydroxylation is 1. The lowest BCUT2D eigenvalue weighted by atomic mass is 10.1. The molecule has 0 amide bonds. The van der Waals surface area contributed by atoms with E-state index in [-0.39, 0.29) is 0 Å². The molecule has 0 aliphatic heterocycles. The quantitative estimate of drug-likeness (QED) is 0.700. The maximum absolute atomic E-state index is 4.63. The van der Waals surface area contributed by atoms with Gasteiger partial charge in [0.2, 0.25) is 5.95 Å². The maximum atomic E-state index is 4.63. The van der Waals surface area contributed by atoms with E-state index in [9.17, 15) is 0 Å². The number of benzene rings is 1. The number of rotatable bonds is 4. The van der Waals surface area contributed by atoms with Crippen molar-refractivity contribution < 1.29 is 0 Å². The molecule has 1 fully saturated rings. The lowest BCUT2D eigenvalue weighted by Gasteiger charge is -2.17. The normalized spacial score (nSPS) is 15.9. The zero-order chi connectivity index (χ0) is 16.1. The Hall–Kier alpha value is -1.62. The van der Waals surface area contributed by atoms with Gasteiger partial charge in [0.1, 0.15) is 5.82 Å². The molecule has 2 aromatic rings. The first-order chi connectivity index (χ1) is 11.2. The van der Waals surface area contributed by atoms with Crippen molar-refractivity contribution >= 4 is 33.4 Å². The molecule has 23 heavy (non-hydrogen) atoms. The fourth-order valence-electron chi connectivity index (χ4n) is 2.99. The first-order valence-electron chi connectivity index (χ1n) is 8.34. The SMILES string of the molecule is Cc1cc(NC2CCCCCC2)nc(Nc2ccc(Br)cc2)n1. The standard InChI is InChI=1S/C18H23BrN4/c1-13-12-17(21-15-6-4-2-3-5-7-15)23-18(20-13)22-16-10-8-14(19)9-11-16/h8-12,15H,2-7H2,1H3,(H2,20,21,22,23). The van der Waals surface area contributed by atoms with E-state index in [1.54, 1.807) is 0 Å². The summed E-state index contributed by atoms with van der Waals surface area (Å²) in [6, 6.07) is 10.6. The number of anilines is 3. The van der Waals surface area contributed by atoms with E-state index >= 15 is 0 Å². The first-order valence-corrected chi connectivity index (χ1v) is 9.13. The molecule has 1 aromatic heterocycles. The Morgan fingerprint density at radius 2 is 1.70 bits per heavy atom. The van der Waals surface area contributed by atoms with Crippen LogP contribution in [0.5, 0.6) is 0 Å². The van der Waals surface area contributed by atoms with Crippen LogP contribution >= 0.6 is 15.9 Å². The van der Waals surface area contributed by atoms with E-state index < -0.39 is 0 Å². The Balaban J connectivity index is 1.71. The molecule has 1 aliphatic rings. The van der Waals surface area contributed by atoms with Crippen LogP contribution < -0.4 is 10.6 Å². The molecule has 1 heterocycles. The molecule has 122 valence electrons. The Labute approximate surface area is 146 Å². The average Bonchev–Trinajstić information content (AvgIpc) is 2.78. The summed E-state index contributed by atoms with van der Waals surface area (Å²) in [5, 5.41) is 6.88. The third kappa shape index (κ3) is 4.93. The second-order valence-corrected chi connectivity index (χ2v) is 7.10. The molecular weight excluding hydrogens is 352 g/mol. The molecule has 0 spiro atoms. The van der Waals surface area contributed by atoms with E-state index in [2.05, 4.69) is 36.5 Å². The monoisotopic (exact) mass is 374 g/mol. The lowest BCUT2D eigenvalue weighted by Crippen LogP contribution is -2.19. The number of nitrogens with zero attached hydrogens (tertiary/aromatic N) is 2. The van der Waals surface area contributed by atoms with E-state index in [1.165, 1.54) is 38.5 Å². The summed E-state index contributed by atoms with van der Waals surface area (Å²) < 4.78 is 1.06. The molecule has 0 bridgehead atoms. The molecule has 0 atom stereocenters. The molecule has 0 saturated heterocycles. The summed E-state index contributed by atoms with van der Waals surface area (Å²) in [7, 11) is 0. The van der Waals surface area contributed by atoms with Gasteiger partial charge in [0, 0.05) is 28.0 Å². The predicted molar refractivity (Wildman–Crippen MR) is 99.3 cm³/mol. The zero-order valence-corrected chi connectivity index (χ0v) is 15.1. The third-order valence-corrected chi connectivity index (χ3v) is 4.69. The van der Waals surface area contributed by atoms with Crippen LogP contribution in [0.2, 0.25) is 0 Å². The summed E-state index contributed by atoms with van der Waals surface area (Å²) >= 11 is 3.45. The highest BCUT2D eigenvalue weighted by molar-refractivity contribution is 9.10. The van der Waals surface area contributed by atoms with Gasteiger partial charge in [-0.15, -0.1) is 0 Å². The van der Waals surface area contributed by atoms with Gasteiger partial charge in [0.25, 0.3) is 0 Å². The van der Waals surface area contributed by atoms with Gasteiger partial charge in [-0.05, 0) is 44.0 Å². The van der Waals surface area contributed by atoms with Crippen molar-refractivity contribution in [3.63, 3.8) is 0 Å². The molecule has 1 saturated carbocycles. The van der Waals surface area contributed by atoms with Crippen LogP contribution in [0.25, 0.3) is 0 Å². The van der Waals surface area contributed by atoms with Crippen molar-refractivity contribution in [2.45, 2.75) is 51.5 Å². The van der Waals surface area contributed by atoms with Crippen molar-refractivity contribution in [3.8, 4) is 0 Å². The molecule has 0 radical (unpaired) electrons. The largest absolute Gasteiger partial charge is 0.367 e. The molecule has 0 unspecified atom stereocenters. The molecule has 3 rings (SSSR count). The Morgan fingerprint density at radius 1 is 1.00 bits per heavy atom. The van der Waals surface area contributed by atoms with Crippen LogP contribution in [0.3, 0.4) is 0 Å². The van der Waals surface area contributed by atoms with Crippen LogP contribution in [0, 0.1) is 6.92 Å². The molecule has 1 aromatic carbocycles. The highest BCUT2D eigenvalue weighted by Gasteiger charge is 2.13. The Kier molecular flexibility index (Phi) is 5.49. The topological polar surface area (TPSA) is 49.8 Å². The zero-order valence-electron chi connectivity index (χ0n) is 13.5. The third-order valence-electron chi connectivity index (χ3n) is 4.16. The summed E-state index contributed by atoms with van der Waals surface area (Å²) in [6.45, 7) is 2.01. The van der Waals surface area contributed by atoms with Crippen LogP contribution in [0.1, 0.15) is 44.2 Å². The minimum absolute atomic E-state index is 0.535. The highest BCUT2D eigenvalue weighted by Crippen LogP contribution is 2.22. The second-order valence-electron chi connectivity index (χ2n) is 6.18. The van der Waals surface area contributed by atoms with Gasteiger partial charge in [-0.2, -0.15) is 4.98 Å². The van der Waals surface area contributed by atoms with Crippen LogP contribution in [0.4, 0.5) is 17.5 Å². The number of nitrogens with one attached hydrogen (secondary N) is 2. The Bertz CT molecular complexity index is 634. The van der Waals surface area contributed by atoms with E-state index in [1.807, 2.05) is 37.3 Å². The second kappa shape index (κ2) is 7.77. The van der Waals surface area contributed by atoms with Crippen molar-refractivity contribution in [2.24, 2.45) is 0 Å². The van der Waals surface area contributed by atoms with Gasteiger partial charge in [0.15, 0.2) is 0 Å². The minimum Gasteiger partial charge on any atom is -0.367 e. The maximum Gasteiger partial charge on any atom is 0.229 e. The van der Waals surface area contributed by atoms with Gasteiger partial charge >= 0.3 is 0 Å². The number of hydrogen-bond donors (Lipinski definition) is 2. The van der Waals surface area contributed by atoms with Gasteiger partial charge < -0.3 is 10.6 Å². The molecule has 4 nitrogen and oxygen atoms in total. The van der Waals surface area contributed by atoms with Gasteiger partial charge in [-0.25, -0.2) is 4.98 Å². The van der Waals surface area contributed by atoms with E-state index in [4.69, 9.17) is 0 Å². The fourth-order valence-corrected chi connectivity index (χ4v) is 3.26. The van der Waals surface area contributed by atoms with Gasteiger partial charge in [-0.1, -0.05) is 41.6 Å². The van der Waals surface area contributed by atoms with Crippen molar-refractivity contribution in [1.29, 1.82) is 0 Å². The number of halogens is 1. The lowest BCUT2D eigenvalue weighted by molar-refractivity contribution is 0.617. The fraction of sp³-hybridized carbons (Fsp3) is 0.444. The minimum atomic E-state index is 0.535. The van der Waals surface area contributed by atoms with Gasteiger partial charge in [0.05, 0.1) is 0 Å². The summed E-state index contributed by atoms with van der Waals surface area (Å²) in [5.74, 6) is 1.56. The molecule has 5 heteroatoms. The molecule has 2 N–H and O–H groups in total. The van der Waals surface area contributed by atoms with Crippen molar-refractivity contribution in [1.82, 2.24) is 9.97 Å². The molecule has 1 aliphatic carbocycles. The van der Waals surface area contributed by atoms with Crippen LogP contribution in [0.15, 0.2) is 34.8 Å². The van der Waals surface area contributed by atoms with Crippen molar-refractivity contribution in [2.75, 3.05) is 10.6 Å². The average molecular weight is 375 g/mol. The van der Waals surface area contributed by atoms with Crippen molar-refractivity contribution in [3.05, 3.63) is 40.5 Å². The number of hydrogen-bond acceptors (Lipinski definition) is 4. The van der Waals surface area contributed by atoms with Gasteiger partial charge in [-0.3, -0.25) is 0 Å². The summed E-state index contributed by atoms with van der Waals surface area (Å²) in [4.78, 5) is 9.12. The highest BCUT2D eigenvalue weighted by atomic mass is 79.9. The molecular formula is C18H23BrN4. The summed E-state index contributed by atoms with van der Waals surface area (Å²) in [6.07, 6.45) is 7.81. The van der Waals surface area contributed by atoms with E-state index in [0.29, 0.717) is 12.0 Å². The summed E-state index contributed by atoms with van der Waals surface area (Å²) in [5.41, 5.74) is 1.95. The first kappa shape index (κ1) is 16.2. The van der Waals surface area contributed by atoms with Crippen LogP contribution in [-0.4, -0.2) is 16.0 Å². The predicted octanol–water partition coefficient (Wildman–Crippen LogP) is 5.43. The smallest absolute Gasteiger partial charge is 0.229 e. The van der Waals surface area contributed by atoms with Crippen LogP contribution in [-0.2, 0) is 0 Å².